The number of benzene rings is 1. The molecule has 1 saturated carbocycles. The van der Waals surface area contributed by atoms with Crippen LogP contribution in [0.2, 0.25) is 0 Å². The maximum absolute atomic E-state index is 12.6. The van der Waals surface area contributed by atoms with Gasteiger partial charge in [0.25, 0.3) is 0 Å². The molecule has 1 amide bonds. The van der Waals surface area contributed by atoms with Gasteiger partial charge in [0, 0.05) is 11.5 Å². The predicted octanol–water partition coefficient (Wildman–Crippen LogP) is 2.82. The molecule has 2 unspecified atom stereocenters. The van der Waals surface area contributed by atoms with E-state index in [0.29, 0.717) is 10.6 Å². The molecular formula is C19H17N3O5S. The Hall–Kier alpha value is -3.25. The van der Waals surface area contributed by atoms with Crippen molar-refractivity contribution in [2.75, 3.05) is 5.32 Å². The fourth-order valence-electron chi connectivity index (χ4n) is 3.38. The maximum Gasteiger partial charge on any atom is 0.306 e. The van der Waals surface area contributed by atoms with Crippen molar-refractivity contribution in [3.8, 4) is 17.3 Å². The summed E-state index contributed by atoms with van der Waals surface area (Å²) >= 11 is 1.02. The fraction of sp³-hybridized carbons (Fsp3) is 0.316. The van der Waals surface area contributed by atoms with Crippen molar-refractivity contribution in [2.24, 2.45) is 17.8 Å². The van der Waals surface area contributed by atoms with Crippen LogP contribution in [0.3, 0.4) is 0 Å². The molecule has 144 valence electrons. The molecule has 2 atom stereocenters. The van der Waals surface area contributed by atoms with Crippen LogP contribution in [0.4, 0.5) is 5.13 Å². The SMILES string of the molecule is N#Cc1sc(NC(=O)C2CC(C(=O)O)CC(C(=O)O)C2)nc1-c1ccccc1. The first-order chi connectivity index (χ1) is 13.4. The standard InChI is InChI=1S/C19H17N3O5S/c20-9-14-15(10-4-2-1-3-5-10)21-19(28-14)22-16(23)11-6-12(17(24)25)8-13(7-11)18(26)27/h1-5,11-13H,6-8H2,(H,24,25)(H,26,27)(H,21,22,23). The van der Waals surface area contributed by atoms with E-state index in [1.165, 1.54) is 0 Å². The van der Waals surface area contributed by atoms with E-state index in [1.807, 2.05) is 18.2 Å². The van der Waals surface area contributed by atoms with E-state index in [1.54, 1.807) is 12.1 Å². The smallest absolute Gasteiger partial charge is 0.306 e. The third-order valence-corrected chi connectivity index (χ3v) is 5.66. The zero-order valence-corrected chi connectivity index (χ0v) is 15.5. The zero-order valence-electron chi connectivity index (χ0n) is 14.7. The highest BCUT2D eigenvalue weighted by Gasteiger charge is 2.39. The molecule has 1 fully saturated rings. The Labute approximate surface area is 164 Å². The van der Waals surface area contributed by atoms with Gasteiger partial charge in [0.1, 0.15) is 16.6 Å². The molecule has 1 aromatic carbocycles. The van der Waals surface area contributed by atoms with E-state index >= 15 is 0 Å². The van der Waals surface area contributed by atoms with Crippen molar-refractivity contribution >= 4 is 34.3 Å². The van der Waals surface area contributed by atoms with E-state index in [-0.39, 0.29) is 24.4 Å². The highest BCUT2D eigenvalue weighted by Crippen LogP contribution is 2.36. The minimum atomic E-state index is -1.10. The number of thiazole rings is 1. The summed E-state index contributed by atoms with van der Waals surface area (Å²) in [5.74, 6) is -5.18. The highest BCUT2D eigenvalue weighted by atomic mass is 32.1. The van der Waals surface area contributed by atoms with Crippen molar-refractivity contribution in [3.05, 3.63) is 35.2 Å². The van der Waals surface area contributed by atoms with Gasteiger partial charge >= 0.3 is 11.9 Å². The van der Waals surface area contributed by atoms with Crippen molar-refractivity contribution in [3.63, 3.8) is 0 Å². The van der Waals surface area contributed by atoms with Crippen LogP contribution in [-0.2, 0) is 14.4 Å². The average Bonchev–Trinajstić information content (AvgIpc) is 3.11. The van der Waals surface area contributed by atoms with Crippen LogP contribution >= 0.6 is 11.3 Å². The van der Waals surface area contributed by atoms with Gasteiger partial charge in [-0.1, -0.05) is 41.7 Å². The van der Waals surface area contributed by atoms with Gasteiger partial charge in [-0.2, -0.15) is 5.26 Å². The number of carbonyl (C=O) groups excluding carboxylic acids is 1. The van der Waals surface area contributed by atoms with Crippen LogP contribution in [0.25, 0.3) is 11.3 Å². The van der Waals surface area contributed by atoms with Gasteiger partial charge < -0.3 is 15.5 Å². The lowest BCUT2D eigenvalue weighted by Gasteiger charge is -2.29. The summed E-state index contributed by atoms with van der Waals surface area (Å²) in [7, 11) is 0. The van der Waals surface area contributed by atoms with Crippen LogP contribution < -0.4 is 5.32 Å². The quantitative estimate of drug-likeness (QED) is 0.702. The van der Waals surface area contributed by atoms with E-state index in [9.17, 15) is 29.9 Å². The molecule has 3 rings (SSSR count). The van der Waals surface area contributed by atoms with Crippen LogP contribution in [-0.4, -0.2) is 33.0 Å². The summed E-state index contributed by atoms with van der Waals surface area (Å²) in [6.07, 6.45) is 0.169. The molecule has 1 aliphatic carbocycles. The number of nitrogens with zero attached hydrogens (tertiary/aromatic N) is 2. The second-order valence-electron chi connectivity index (χ2n) is 6.64. The van der Waals surface area contributed by atoms with E-state index in [0.717, 1.165) is 16.9 Å². The van der Waals surface area contributed by atoms with Gasteiger partial charge in [0.15, 0.2) is 5.13 Å². The Bertz CT molecular complexity index is 928. The fourth-order valence-corrected chi connectivity index (χ4v) is 4.17. The first kappa shape index (κ1) is 19.5. The summed E-state index contributed by atoms with van der Waals surface area (Å²) in [6, 6.07) is 11.1. The average molecular weight is 399 g/mol. The first-order valence-corrected chi connectivity index (χ1v) is 9.43. The van der Waals surface area contributed by atoms with Crippen LogP contribution in [0, 0.1) is 29.1 Å². The molecule has 0 radical (unpaired) electrons. The molecule has 8 nitrogen and oxygen atoms in total. The Morgan fingerprint density at radius 3 is 2.14 bits per heavy atom. The molecule has 1 aromatic heterocycles. The molecule has 0 bridgehead atoms. The molecule has 2 aromatic rings. The topological polar surface area (TPSA) is 140 Å². The van der Waals surface area contributed by atoms with Gasteiger partial charge in [-0.25, -0.2) is 4.98 Å². The molecule has 9 heteroatoms. The molecule has 1 aliphatic rings. The number of carboxylic acids is 2. The molecular weight excluding hydrogens is 382 g/mol. The predicted molar refractivity (Wildman–Crippen MR) is 100 cm³/mol. The van der Waals surface area contributed by atoms with E-state index < -0.39 is 35.6 Å². The van der Waals surface area contributed by atoms with Crippen molar-refractivity contribution in [2.45, 2.75) is 19.3 Å². The molecule has 1 heterocycles. The Morgan fingerprint density at radius 2 is 1.61 bits per heavy atom. The van der Waals surface area contributed by atoms with Crippen LogP contribution in [0.5, 0.6) is 0 Å². The first-order valence-electron chi connectivity index (χ1n) is 8.61. The van der Waals surface area contributed by atoms with Crippen LogP contribution in [0.15, 0.2) is 30.3 Å². The summed E-state index contributed by atoms with van der Waals surface area (Å²) in [5, 5.41) is 30.7. The number of nitrogens with one attached hydrogen (secondary N) is 1. The minimum Gasteiger partial charge on any atom is -0.481 e. The lowest BCUT2D eigenvalue weighted by molar-refractivity contribution is -0.149. The normalized spacial score (nSPS) is 21.5. The third-order valence-electron chi connectivity index (χ3n) is 4.78. The van der Waals surface area contributed by atoms with Crippen molar-refractivity contribution < 1.29 is 24.6 Å². The van der Waals surface area contributed by atoms with Crippen molar-refractivity contribution in [1.82, 2.24) is 4.98 Å². The van der Waals surface area contributed by atoms with Gasteiger partial charge in [-0.15, -0.1) is 0 Å². The summed E-state index contributed by atoms with van der Waals surface area (Å²) in [4.78, 5) is 39.9. The van der Waals surface area contributed by atoms with E-state index in [4.69, 9.17) is 0 Å². The number of aromatic nitrogens is 1. The molecule has 0 spiro atoms. The lowest BCUT2D eigenvalue weighted by atomic mass is 9.75. The molecule has 0 aliphatic heterocycles. The zero-order chi connectivity index (χ0) is 20.3. The van der Waals surface area contributed by atoms with E-state index in [2.05, 4.69) is 16.4 Å². The second-order valence-corrected chi connectivity index (χ2v) is 7.64. The number of hydrogen-bond donors (Lipinski definition) is 3. The number of carbonyl (C=O) groups is 3. The minimum absolute atomic E-state index is 0.0163. The summed E-state index contributed by atoms with van der Waals surface area (Å²) in [5.41, 5.74) is 1.20. The number of rotatable bonds is 5. The summed E-state index contributed by atoms with van der Waals surface area (Å²) < 4.78 is 0. The number of aliphatic carboxylic acids is 2. The number of amides is 1. The highest BCUT2D eigenvalue weighted by molar-refractivity contribution is 7.16. The Morgan fingerprint density at radius 1 is 1.04 bits per heavy atom. The van der Waals surface area contributed by atoms with Gasteiger partial charge in [0.05, 0.1) is 11.8 Å². The Kier molecular flexibility index (Phi) is 5.70. The lowest BCUT2D eigenvalue weighted by Crippen LogP contribution is -2.37. The third kappa shape index (κ3) is 4.18. The number of nitriles is 1. The van der Waals surface area contributed by atoms with Gasteiger partial charge in [0.2, 0.25) is 5.91 Å². The Balaban J connectivity index is 1.79. The monoisotopic (exact) mass is 399 g/mol. The molecule has 3 N–H and O–H groups in total. The van der Waals surface area contributed by atoms with Gasteiger partial charge in [-0.05, 0) is 19.3 Å². The summed E-state index contributed by atoms with van der Waals surface area (Å²) in [6.45, 7) is 0. The second kappa shape index (κ2) is 8.19. The largest absolute Gasteiger partial charge is 0.481 e. The number of hydrogen-bond acceptors (Lipinski definition) is 6. The maximum atomic E-state index is 12.6. The number of carboxylic acid groups (broad SMARTS) is 2. The van der Waals surface area contributed by atoms with Gasteiger partial charge in [-0.3, -0.25) is 14.4 Å². The number of anilines is 1. The van der Waals surface area contributed by atoms with Crippen molar-refractivity contribution in [1.29, 1.82) is 5.26 Å². The molecule has 0 saturated heterocycles. The molecule has 28 heavy (non-hydrogen) atoms. The van der Waals surface area contributed by atoms with Crippen LogP contribution in [0.1, 0.15) is 24.1 Å².